The van der Waals surface area contributed by atoms with E-state index in [2.05, 4.69) is 15.5 Å². The first kappa shape index (κ1) is 13.6. The standard InChI is InChI=1S/C13H21N5O/c1-9-10(2)16-18(5-6-19)13(9)14-7-12-8-15-17(4)11(12)3/h8,14,19H,5-7H2,1-4H3. The lowest BCUT2D eigenvalue weighted by molar-refractivity contribution is 0.270. The molecule has 0 fully saturated rings. The maximum atomic E-state index is 9.08. The van der Waals surface area contributed by atoms with Crippen LogP contribution >= 0.6 is 0 Å². The molecule has 2 rings (SSSR count). The molecule has 19 heavy (non-hydrogen) atoms. The second-order valence-corrected chi connectivity index (χ2v) is 4.74. The van der Waals surface area contributed by atoms with Crippen LogP contribution in [0.2, 0.25) is 0 Å². The van der Waals surface area contributed by atoms with Gasteiger partial charge in [-0.15, -0.1) is 0 Å². The largest absolute Gasteiger partial charge is 0.394 e. The van der Waals surface area contributed by atoms with Crippen molar-refractivity contribution in [3.05, 3.63) is 28.7 Å². The van der Waals surface area contributed by atoms with Gasteiger partial charge in [0.2, 0.25) is 0 Å². The highest BCUT2D eigenvalue weighted by Crippen LogP contribution is 2.19. The predicted molar refractivity (Wildman–Crippen MR) is 74.1 cm³/mol. The molecule has 0 aromatic carbocycles. The quantitative estimate of drug-likeness (QED) is 0.849. The van der Waals surface area contributed by atoms with Crippen molar-refractivity contribution >= 4 is 5.82 Å². The highest BCUT2D eigenvalue weighted by atomic mass is 16.3. The molecule has 2 N–H and O–H groups in total. The zero-order valence-corrected chi connectivity index (χ0v) is 11.9. The maximum absolute atomic E-state index is 9.08. The molecule has 6 nitrogen and oxygen atoms in total. The van der Waals surface area contributed by atoms with E-state index in [1.165, 1.54) is 0 Å². The molecular weight excluding hydrogens is 242 g/mol. The molecule has 0 radical (unpaired) electrons. The monoisotopic (exact) mass is 263 g/mol. The first-order chi connectivity index (χ1) is 9.04. The molecule has 2 heterocycles. The third kappa shape index (κ3) is 2.63. The highest BCUT2D eigenvalue weighted by molar-refractivity contribution is 5.47. The SMILES string of the molecule is Cc1nn(CCO)c(NCc2cnn(C)c2C)c1C. The van der Waals surface area contributed by atoms with Crippen molar-refractivity contribution in [1.82, 2.24) is 19.6 Å². The van der Waals surface area contributed by atoms with E-state index < -0.39 is 0 Å². The fourth-order valence-corrected chi connectivity index (χ4v) is 2.05. The van der Waals surface area contributed by atoms with Gasteiger partial charge in [0.15, 0.2) is 0 Å². The zero-order chi connectivity index (χ0) is 14.0. The van der Waals surface area contributed by atoms with Crippen LogP contribution in [0.5, 0.6) is 0 Å². The summed E-state index contributed by atoms with van der Waals surface area (Å²) in [4.78, 5) is 0. The van der Waals surface area contributed by atoms with Crippen LogP contribution in [0.25, 0.3) is 0 Å². The number of aliphatic hydroxyl groups is 1. The number of hydrogen-bond donors (Lipinski definition) is 2. The normalized spacial score (nSPS) is 11.0. The van der Waals surface area contributed by atoms with E-state index in [1.807, 2.05) is 43.4 Å². The molecule has 0 saturated heterocycles. The van der Waals surface area contributed by atoms with Gasteiger partial charge in [0, 0.05) is 30.4 Å². The van der Waals surface area contributed by atoms with Crippen molar-refractivity contribution < 1.29 is 5.11 Å². The molecule has 2 aromatic rings. The summed E-state index contributed by atoms with van der Waals surface area (Å²) >= 11 is 0. The van der Waals surface area contributed by atoms with E-state index >= 15 is 0 Å². The smallest absolute Gasteiger partial charge is 0.127 e. The molecule has 0 atom stereocenters. The second kappa shape index (κ2) is 5.44. The Balaban J connectivity index is 2.17. The second-order valence-electron chi connectivity index (χ2n) is 4.74. The molecule has 0 aliphatic heterocycles. The topological polar surface area (TPSA) is 67.9 Å². The average Bonchev–Trinajstić information content (AvgIpc) is 2.82. The summed E-state index contributed by atoms with van der Waals surface area (Å²) in [5.74, 6) is 0.967. The number of hydrogen-bond acceptors (Lipinski definition) is 4. The number of aryl methyl sites for hydroxylation is 2. The van der Waals surface area contributed by atoms with Crippen LogP contribution in [0.15, 0.2) is 6.20 Å². The summed E-state index contributed by atoms with van der Waals surface area (Å²) in [5, 5.41) is 21.1. The van der Waals surface area contributed by atoms with E-state index in [-0.39, 0.29) is 6.61 Å². The van der Waals surface area contributed by atoms with Gasteiger partial charge in [-0.05, 0) is 20.8 Å². The van der Waals surface area contributed by atoms with Crippen molar-refractivity contribution in [3.8, 4) is 0 Å². The molecule has 2 aromatic heterocycles. The molecule has 0 spiro atoms. The summed E-state index contributed by atoms with van der Waals surface area (Å²) < 4.78 is 3.68. The Bertz CT molecular complexity index is 570. The molecule has 0 saturated carbocycles. The van der Waals surface area contributed by atoms with Crippen LogP contribution < -0.4 is 5.32 Å². The summed E-state index contributed by atoms with van der Waals surface area (Å²) in [6.45, 7) is 7.35. The van der Waals surface area contributed by atoms with Gasteiger partial charge in [-0.3, -0.25) is 4.68 Å². The van der Waals surface area contributed by atoms with Crippen LogP contribution in [0.3, 0.4) is 0 Å². The van der Waals surface area contributed by atoms with Gasteiger partial charge in [0.1, 0.15) is 5.82 Å². The first-order valence-corrected chi connectivity index (χ1v) is 6.40. The van der Waals surface area contributed by atoms with Crippen LogP contribution in [-0.4, -0.2) is 31.3 Å². The Morgan fingerprint density at radius 3 is 2.63 bits per heavy atom. The number of anilines is 1. The molecule has 6 heteroatoms. The molecule has 104 valence electrons. The van der Waals surface area contributed by atoms with E-state index in [0.717, 1.165) is 28.3 Å². The lowest BCUT2D eigenvalue weighted by Gasteiger charge is -2.10. The number of nitrogens with zero attached hydrogens (tertiary/aromatic N) is 4. The van der Waals surface area contributed by atoms with Crippen LogP contribution in [0, 0.1) is 20.8 Å². The summed E-state index contributed by atoms with van der Waals surface area (Å²) in [5.41, 5.74) is 4.42. The third-order valence-electron chi connectivity index (χ3n) is 3.52. The van der Waals surface area contributed by atoms with E-state index in [9.17, 15) is 0 Å². The van der Waals surface area contributed by atoms with Crippen molar-refractivity contribution in [2.45, 2.75) is 33.9 Å². The average molecular weight is 263 g/mol. The van der Waals surface area contributed by atoms with Crippen LogP contribution in [-0.2, 0) is 20.1 Å². The minimum absolute atomic E-state index is 0.0845. The maximum Gasteiger partial charge on any atom is 0.127 e. The number of aromatic nitrogens is 4. The van der Waals surface area contributed by atoms with E-state index in [0.29, 0.717) is 13.1 Å². The van der Waals surface area contributed by atoms with Crippen molar-refractivity contribution in [2.24, 2.45) is 7.05 Å². The Labute approximate surface area is 113 Å². The highest BCUT2D eigenvalue weighted by Gasteiger charge is 2.12. The van der Waals surface area contributed by atoms with Gasteiger partial charge in [-0.1, -0.05) is 0 Å². The molecule has 0 aliphatic carbocycles. The summed E-state index contributed by atoms with van der Waals surface area (Å²) in [7, 11) is 1.93. The number of nitrogens with one attached hydrogen (secondary N) is 1. The molecule has 0 amide bonds. The molecule has 0 bridgehead atoms. The van der Waals surface area contributed by atoms with Crippen LogP contribution in [0.4, 0.5) is 5.82 Å². The Kier molecular flexibility index (Phi) is 3.90. The van der Waals surface area contributed by atoms with Crippen molar-refractivity contribution in [2.75, 3.05) is 11.9 Å². The minimum atomic E-state index is 0.0845. The predicted octanol–water partition coefficient (Wildman–Crippen LogP) is 1.15. The fraction of sp³-hybridized carbons (Fsp3) is 0.538. The fourth-order valence-electron chi connectivity index (χ4n) is 2.05. The minimum Gasteiger partial charge on any atom is -0.394 e. The van der Waals surface area contributed by atoms with Crippen LogP contribution in [0.1, 0.15) is 22.5 Å². The lowest BCUT2D eigenvalue weighted by Crippen LogP contribution is -2.11. The van der Waals surface area contributed by atoms with Gasteiger partial charge in [-0.2, -0.15) is 10.2 Å². The van der Waals surface area contributed by atoms with E-state index in [4.69, 9.17) is 5.11 Å². The number of aliphatic hydroxyl groups excluding tert-OH is 1. The lowest BCUT2D eigenvalue weighted by atomic mass is 10.2. The molecule has 0 aliphatic rings. The number of rotatable bonds is 5. The van der Waals surface area contributed by atoms with Gasteiger partial charge in [0.25, 0.3) is 0 Å². The zero-order valence-electron chi connectivity index (χ0n) is 11.9. The summed E-state index contributed by atoms with van der Waals surface area (Å²) in [6.07, 6.45) is 1.87. The van der Waals surface area contributed by atoms with Gasteiger partial charge >= 0.3 is 0 Å². The van der Waals surface area contributed by atoms with Crippen molar-refractivity contribution in [3.63, 3.8) is 0 Å². The van der Waals surface area contributed by atoms with Gasteiger partial charge in [0.05, 0.1) is 25.0 Å². The first-order valence-electron chi connectivity index (χ1n) is 6.40. The van der Waals surface area contributed by atoms with Gasteiger partial charge in [-0.25, -0.2) is 4.68 Å². The van der Waals surface area contributed by atoms with Gasteiger partial charge < -0.3 is 10.4 Å². The molecule has 0 unspecified atom stereocenters. The third-order valence-corrected chi connectivity index (χ3v) is 3.52. The van der Waals surface area contributed by atoms with E-state index in [1.54, 1.807) is 0 Å². The Morgan fingerprint density at radius 2 is 2.05 bits per heavy atom. The Hall–Kier alpha value is -1.82. The molecular formula is C13H21N5O. The Morgan fingerprint density at radius 1 is 1.32 bits per heavy atom. The summed E-state index contributed by atoms with van der Waals surface area (Å²) in [6, 6.07) is 0. The van der Waals surface area contributed by atoms with Crippen molar-refractivity contribution in [1.29, 1.82) is 0 Å².